The minimum absolute atomic E-state index is 0.0421. The number of carbonyl (C=O) groups is 2. The Morgan fingerprint density at radius 3 is 2.50 bits per heavy atom. The summed E-state index contributed by atoms with van der Waals surface area (Å²) in [5, 5.41) is 11.2. The van der Waals surface area contributed by atoms with Crippen LogP contribution >= 0.6 is 11.3 Å². The molecule has 2 aromatic carbocycles. The zero-order valence-electron chi connectivity index (χ0n) is 15.9. The second-order valence-electron chi connectivity index (χ2n) is 6.06. The van der Waals surface area contributed by atoms with Gasteiger partial charge in [0.25, 0.3) is 5.69 Å². The number of esters is 1. The summed E-state index contributed by atoms with van der Waals surface area (Å²) in [7, 11) is 1.28. The van der Waals surface area contributed by atoms with E-state index in [-0.39, 0.29) is 18.1 Å². The maximum Gasteiger partial charge on any atom is 0.343 e. The second kappa shape index (κ2) is 9.62. The van der Waals surface area contributed by atoms with Crippen molar-refractivity contribution in [2.24, 2.45) is 0 Å². The molecule has 0 N–H and O–H groups in total. The van der Waals surface area contributed by atoms with Gasteiger partial charge in [-0.05, 0) is 54.6 Å². The molecule has 3 rings (SSSR count). The van der Waals surface area contributed by atoms with E-state index >= 15 is 0 Å². The topological polar surface area (TPSA) is 95.7 Å². The molecular formula is C22H17NO6S. The quantitative estimate of drug-likeness (QED) is 0.170. The third-order valence-electron chi connectivity index (χ3n) is 4.12. The monoisotopic (exact) mass is 423 g/mol. The average molecular weight is 423 g/mol. The van der Waals surface area contributed by atoms with Gasteiger partial charge >= 0.3 is 5.97 Å². The van der Waals surface area contributed by atoms with Crippen molar-refractivity contribution >= 4 is 34.9 Å². The molecule has 30 heavy (non-hydrogen) atoms. The third kappa shape index (κ3) is 5.18. The SMILES string of the molecule is COC(=O)COc1ccc(C(=O)C=Cc2ccc(-c3ccccc3[N+](=O)[O-])s2)cc1. The summed E-state index contributed by atoms with van der Waals surface area (Å²) < 4.78 is 9.74. The molecule has 0 aliphatic carbocycles. The lowest BCUT2D eigenvalue weighted by atomic mass is 10.1. The number of nitrogens with zero attached hydrogens (tertiary/aromatic N) is 1. The standard InChI is InChI=1S/C22H17NO6S/c1-28-22(25)14-29-16-8-6-15(7-9-16)20(24)12-10-17-11-13-21(30-17)18-4-2-3-5-19(18)23(26)27/h2-13H,14H2,1H3. The van der Waals surface area contributed by atoms with Gasteiger partial charge in [-0.25, -0.2) is 4.79 Å². The molecule has 0 amide bonds. The smallest absolute Gasteiger partial charge is 0.343 e. The van der Waals surface area contributed by atoms with Gasteiger partial charge < -0.3 is 9.47 Å². The fraction of sp³-hybridized carbons (Fsp3) is 0.0909. The predicted octanol–water partition coefficient (Wildman–Crippen LogP) is 4.77. The van der Waals surface area contributed by atoms with Crippen molar-refractivity contribution in [3.63, 3.8) is 0 Å². The van der Waals surface area contributed by atoms with Gasteiger partial charge in [-0.15, -0.1) is 11.3 Å². The number of hydrogen-bond acceptors (Lipinski definition) is 7. The van der Waals surface area contributed by atoms with Gasteiger partial charge in [0.1, 0.15) is 5.75 Å². The zero-order valence-corrected chi connectivity index (χ0v) is 16.8. The third-order valence-corrected chi connectivity index (χ3v) is 5.20. The maximum absolute atomic E-state index is 12.4. The van der Waals surface area contributed by atoms with Crippen molar-refractivity contribution in [1.82, 2.24) is 0 Å². The van der Waals surface area contributed by atoms with Gasteiger partial charge in [-0.1, -0.05) is 12.1 Å². The summed E-state index contributed by atoms with van der Waals surface area (Å²) >= 11 is 1.36. The van der Waals surface area contributed by atoms with Crippen LogP contribution in [0.4, 0.5) is 5.69 Å². The van der Waals surface area contributed by atoms with Gasteiger partial charge in [-0.2, -0.15) is 0 Å². The fourth-order valence-corrected chi connectivity index (χ4v) is 3.54. The molecule has 0 saturated carbocycles. The highest BCUT2D eigenvalue weighted by Crippen LogP contribution is 2.35. The number of rotatable bonds is 8. The van der Waals surface area contributed by atoms with E-state index in [0.29, 0.717) is 16.9 Å². The Morgan fingerprint density at radius 2 is 1.80 bits per heavy atom. The summed E-state index contributed by atoms with van der Waals surface area (Å²) in [5.74, 6) is -0.238. The van der Waals surface area contributed by atoms with E-state index in [9.17, 15) is 19.7 Å². The Labute approximate surface area is 176 Å². The Bertz CT molecular complexity index is 1100. The molecule has 0 aliphatic rings. The first-order chi connectivity index (χ1) is 14.5. The van der Waals surface area contributed by atoms with Crippen LogP contribution in [0.2, 0.25) is 0 Å². The number of nitro groups is 1. The van der Waals surface area contributed by atoms with Crippen molar-refractivity contribution in [3.8, 4) is 16.2 Å². The van der Waals surface area contributed by atoms with Crippen molar-refractivity contribution in [3.05, 3.63) is 87.3 Å². The van der Waals surface area contributed by atoms with E-state index in [0.717, 1.165) is 9.75 Å². The molecule has 1 aromatic heterocycles. The van der Waals surface area contributed by atoms with Crippen molar-refractivity contribution in [1.29, 1.82) is 0 Å². The normalized spacial score (nSPS) is 10.7. The number of para-hydroxylation sites is 1. The first-order valence-corrected chi connectivity index (χ1v) is 9.65. The minimum Gasteiger partial charge on any atom is -0.482 e. The largest absolute Gasteiger partial charge is 0.482 e. The van der Waals surface area contributed by atoms with E-state index < -0.39 is 10.9 Å². The molecule has 1 heterocycles. The maximum atomic E-state index is 12.4. The van der Waals surface area contributed by atoms with Crippen molar-refractivity contribution in [2.75, 3.05) is 13.7 Å². The van der Waals surface area contributed by atoms with Crippen molar-refractivity contribution in [2.45, 2.75) is 0 Å². The lowest BCUT2D eigenvalue weighted by molar-refractivity contribution is -0.384. The lowest BCUT2D eigenvalue weighted by Crippen LogP contribution is -2.12. The molecule has 0 bridgehead atoms. The lowest BCUT2D eigenvalue weighted by Gasteiger charge is -2.04. The number of nitro benzene ring substituents is 1. The zero-order chi connectivity index (χ0) is 21.5. The predicted molar refractivity (Wildman–Crippen MR) is 114 cm³/mol. The summed E-state index contributed by atoms with van der Waals surface area (Å²) in [5.41, 5.74) is 1.05. The Balaban J connectivity index is 1.67. The number of ketones is 1. The van der Waals surface area contributed by atoms with Gasteiger partial charge in [-0.3, -0.25) is 14.9 Å². The molecular weight excluding hydrogens is 406 g/mol. The highest BCUT2D eigenvalue weighted by molar-refractivity contribution is 7.16. The molecule has 0 radical (unpaired) electrons. The molecule has 0 spiro atoms. The molecule has 0 atom stereocenters. The van der Waals surface area contributed by atoms with E-state index in [2.05, 4.69) is 4.74 Å². The van der Waals surface area contributed by atoms with E-state index in [4.69, 9.17) is 4.74 Å². The number of hydrogen-bond donors (Lipinski definition) is 0. The van der Waals surface area contributed by atoms with E-state index in [1.54, 1.807) is 54.6 Å². The van der Waals surface area contributed by atoms with Crippen molar-refractivity contribution < 1.29 is 24.0 Å². The van der Waals surface area contributed by atoms with Crippen LogP contribution in [0.25, 0.3) is 16.5 Å². The van der Waals surface area contributed by atoms with Gasteiger partial charge in [0.05, 0.1) is 17.6 Å². The highest BCUT2D eigenvalue weighted by Gasteiger charge is 2.15. The van der Waals surface area contributed by atoms with Gasteiger partial charge in [0.15, 0.2) is 12.4 Å². The number of carbonyl (C=O) groups excluding carboxylic acids is 2. The molecule has 152 valence electrons. The van der Waals surface area contributed by atoms with Crippen LogP contribution in [0, 0.1) is 10.1 Å². The van der Waals surface area contributed by atoms with Crippen LogP contribution in [0.1, 0.15) is 15.2 Å². The molecule has 3 aromatic rings. The van der Waals surface area contributed by atoms with Crippen LogP contribution < -0.4 is 4.74 Å². The van der Waals surface area contributed by atoms with Gasteiger partial charge in [0, 0.05) is 21.4 Å². The highest BCUT2D eigenvalue weighted by atomic mass is 32.1. The molecule has 7 nitrogen and oxygen atoms in total. The first kappa shape index (κ1) is 20.9. The first-order valence-electron chi connectivity index (χ1n) is 8.83. The van der Waals surface area contributed by atoms with E-state index in [1.807, 2.05) is 6.07 Å². The van der Waals surface area contributed by atoms with Crippen LogP contribution in [0.3, 0.4) is 0 Å². The molecule has 0 saturated heterocycles. The number of ether oxygens (including phenoxy) is 2. The number of thiophene rings is 1. The number of allylic oxidation sites excluding steroid dienone is 1. The van der Waals surface area contributed by atoms with Crippen LogP contribution in [-0.4, -0.2) is 30.4 Å². The Morgan fingerprint density at radius 1 is 1.07 bits per heavy atom. The molecule has 0 aliphatic heterocycles. The summed E-state index contributed by atoms with van der Waals surface area (Å²) in [6, 6.07) is 16.6. The number of benzene rings is 2. The average Bonchev–Trinajstić information content (AvgIpc) is 3.25. The van der Waals surface area contributed by atoms with Gasteiger partial charge in [0.2, 0.25) is 0 Å². The second-order valence-corrected chi connectivity index (χ2v) is 7.18. The van der Waals surface area contributed by atoms with Crippen LogP contribution in [0.15, 0.2) is 66.7 Å². The van der Waals surface area contributed by atoms with Crippen LogP contribution in [-0.2, 0) is 9.53 Å². The summed E-state index contributed by atoms with van der Waals surface area (Å²) in [4.78, 5) is 35.8. The fourth-order valence-electron chi connectivity index (χ4n) is 2.60. The Kier molecular flexibility index (Phi) is 6.71. The number of methoxy groups -OCH3 is 1. The molecule has 0 fully saturated rings. The van der Waals surface area contributed by atoms with Crippen LogP contribution in [0.5, 0.6) is 5.75 Å². The van der Waals surface area contributed by atoms with E-state index in [1.165, 1.54) is 30.6 Å². The minimum atomic E-state index is -0.491. The molecule has 8 heteroatoms. The summed E-state index contributed by atoms with van der Waals surface area (Å²) in [6.45, 7) is -0.204. The summed E-state index contributed by atoms with van der Waals surface area (Å²) in [6.07, 6.45) is 3.12. The Hall–Kier alpha value is -3.78. The molecule has 0 unspecified atom stereocenters.